The normalized spacial score (nSPS) is 16.6. The molecule has 0 fully saturated rings. The van der Waals surface area contributed by atoms with Crippen molar-refractivity contribution in [1.82, 2.24) is 0 Å². The molecule has 27 heavy (non-hydrogen) atoms. The molecule has 0 aromatic rings. The van der Waals surface area contributed by atoms with Gasteiger partial charge in [0.1, 0.15) is 6.10 Å². The zero-order valence-electron chi connectivity index (χ0n) is 12.9. The SMILES string of the molecule is COCCOCC(O)C(F)(F)C(F)(F)C(F)(F)C(F)(F)C(F)(F)C(F)(F)F. The molecule has 0 aliphatic heterocycles. The highest BCUT2D eigenvalue weighted by atomic mass is 19.4. The van der Waals surface area contributed by atoms with E-state index in [1.54, 1.807) is 0 Å². The lowest BCUT2D eigenvalue weighted by atomic mass is 9.92. The standard InChI is InChI=1S/C11H11F13O3/c1-26-2-3-27-4-5(25)6(12,13)7(14,15)8(16,17)9(18,19)10(20,21)11(22,23)24/h5,25H,2-4H2,1H3. The van der Waals surface area contributed by atoms with E-state index in [2.05, 4.69) is 9.47 Å². The quantitative estimate of drug-likeness (QED) is 0.417. The summed E-state index contributed by atoms with van der Waals surface area (Å²) in [6, 6.07) is 0. The van der Waals surface area contributed by atoms with Crippen LogP contribution in [0.3, 0.4) is 0 Å². The van der Waals surface area contributed by atoms with Gasteiger partial charge in [-0.1, -0.05) is 0 Å². The molecule has 0 aliphatic rings. The van der Waals surface area contributed by atoms with Crippen molar-refractivity contribution >= 4 is 0 Å². The molecule has 3 nitrogen and oxygen atoms in total. The van der Waals surface area contributed by atoms with Gasteiger partial charge in [0.05, 0.1) is 19.8 Å². The molecule has 1 atom stereocenters. The molecule has 16 heteroatoms. The first-order valence-corrected chi connectivity index (χ1v) is 6.44. The van der Waals surface area contributed by atoms with Crippen molar-refractivity contribution < 1.29 is 71.7 Å². The Balaban J connectivity index is 5.87. The van der Waals surface area contributed by atoms with E-state index < -0.39 is 55.1 Å². The average molecular weight is 438 g/mol. The van der Waals surface area contributed by atoms with Gasteiger partial charge in [-0.25, -0.2) is 0 Å². The van der Waals surface area contributed by atoms with Gasteiger partial charge < -0.3 is 14.6 Å². The Kier molecular flexibility index (Phi) is 7.47. The zero-order chi connectivity index (χ0) is 22.1. The number of aliphatic hydroxyl groups excluding tert-OH is 1. The van der Waals surface area contributed by atoms with Crippen LogP contribution in [0.4, 0.5) is 57.1 Å². The molecule has 0 spiro atoms. The second kappa shape index (κ2) is 7.77. The van der Waals surface area contributed by atoms with Crippen molar-refractivity contribution in [3.63, 3.8) is 0 Å². The number of hydrogen-bond donors (Lipinski definition) is 1. The van der Waals surface area contributed by atoms with E-state index in [0.29, 0.717) is 0 Å². The Morgan fingerprint density at radius 1 is 0.667 bits per heavy atom. The van der Waals surface area contributed by atoms with Gasteiger partial charge in [-0.3, -0.25) is 0 Å². The maximum atomic E-state index is 13.4. The lowest BCUT2D eigenvalue weighted by molar-refractivity contribution is -0.444. The van der Waals surface area contributed by atoms with Crippen LogP contribution >= 0.6 is 0 Å². The van der Waals surface area contributed by atoms with Gasteiger partial charge >= 0.3 is 35.8 Å². The van der Waals surface area contributed by atoms with Gasteiger partial charge in [0, 0.05) is 7.11 Å². The minimum Gasteiger partial charge on any atom is -0.384 e. The summed E-state index contributed by atoms with van der Waals surface area (Å²) in [7, 11) is 1.05. The first-order valence-electron chi connectivity index (χ1n) is 6.44. The third-order valence-electron chi connectivity index (χ3n) is 3.08. The van der Waals surface area contributed by atoms with E-state index in [9.17, 15) is 57.1 Å². The number of rotatable bonds is 10. The summed E-state index contributed by atoms with van der Waals surface area (Å²) in [5.74, 6) is -37.9. The van der Waals surface area contributed by atoms with E-state index in [1.807, 2.05) is 0 Å². The third-order valence-corrected chi connectivity index (χ3v) is 3.08. The van der Waals surface area contributed by atoms with Crippen LogP contribution in [0.1, 0.15) is 0 Å². The van der Waals surface area contributed by atoms with Gasteiger partial charge in [-0.05, 0) is 0 Å². The van der Waals surface area contributed by atoms with E-state index >= 15 is 0 Å². The summed E-state index contributed by atoms with van der Waals surface area (Å²) in [6.07, 6.45) is -11.4. The highest BCUT2D eigenvalue weighted by Crippen LogP contribution is 2.60. The highest BCUT2D eigenvalue weighted by Gasteiger charge is 2.91. The van der Waals surface area contributed by atoms with E-state index in [1.165, 1.54) is 0 Å². The molecule has 0 bridgehead atoms. The van der Waals surface area contributed by atoms with Crippen molar-refractivity contribution in [3.05, 3.63) is 0 Å². The molecule has 0 saturated carbocycles. The largest absolute Gasteiger partial charge is 0.460 e. The number of methoxy groups -OCH3 is 1. The second-order valence-electron chi connectivity index (χ2n) is 5.00. The summed E-state index contributed by atoms with van der Waals surface area (Å²) in [5, 5.41) is 8.82. The number of ether oxygens (including phenoxy) is 2. The van der Waals surface area contributed by atoms with Gasteiger partial charge in [-0.15, -0.1) is 0 Å². The fourth-order valence-electron chi connectivity index (χ4n) is 1.43. The average Bonchev–Trinajstić information content (AvgIpc) is 2.49. The highest BCUT2D eigenvalue weighted by molar-refractivity contribution is 5.11. The Labute approximate surface area is 142 Å². The van der Waals surface area contributed by atoms with Gasteiger partial charge in [0.25, 0.3) is 0 Å². The van der Waals surface area contributed by atoms with Crippen molar-refractivity contribution in [2.24, 2.45) is 0 Å². The Morgan fingerprint density at radius 3 is 1.44 bits per heavy atom. The van der Waals surface area contributed by atoms with Crippen molar-refractivity contribution in [2.75, 3.05) is 26.9 Å². The number of aliphatic hydroxyl groups is 1. The summed E-state index contributed by atoms with van der Waals surface area (Å²) >= 11 is 0. The van der Waals surface area contributed by atoms with Crippen molar-refractivity contribution in [2.45, 2.75) is 41.9 Å². The molecule has 0 saturated heterocycles. The fourth-order valence-corrected chi connectivity index (χ4v) is 1.43. The lowest BCUT2D eigenvalue weighted by Crippen LogP contribution is -2.71. The summed E-state index contributed by atoms with van der Waals surface area (Å²) in [6.45, 7) is -2.93. The summed E-state index contributed by atoms with van der Waals surface area (Å²) in [5.41, 5.74) is 0. The van der Waals surface area contributed by atoms with Crippen LogP contribution in [0.15, 0.2) is 0 Å². The Morgan fingerprint density at radius 2 is 1.07 bits per heavy atom. The first kappa shape index (κ1) is 26.0. The molecule has 0 aromatic carbocycles. The number of halogens is 13. The predicted octanol–water partition coefficient (Wildman–Crippen LogP) is 3.75. The summed E-state index contributed by atoms with van der Waals surface area (Å²) in [4.78, 5) is 0. The van der Waals surface area contributed by atoms with E-state index in [4.69, 9.17) is 5.11 Å². The molecule has 0 heterocycles. The van der Waals surface area contributed by atoms with Gasteiger partial charge in [0.2, 0.25) is 0 Å². The van der Waals surface area contributed by atoms with Crippen LogP contribution < -0.4 is 0 Å². The topological polar surface area (TPSA) is 38.7 Å². The minimum atomic E-state index is -8.00. The van der Waals surface area contributed by atoms with Gasteiger partial charge in [-0.2, -0.15) is 57.1 Å². The second-order valence-corrected chi connectivity index (χ2v) is 5.00. The molecule has 0 aliphatic carbocycles. The monoisotopic (exact) mass is 438 g/mol. The van der Waals surface area contributed by atoms with Crippen LogP contribution in [0.5, 0.6) is 0 Å². The third kappa shape index (κ3) is 4.21. The number of alkyl halides is 13. The van der Waals surface area contributed by atoms with Crippen LogP contribution in [-0.4, -0.2) is 73.9 Å². The Hall–Kier alpha value is -1.03. The van der Waals surface area contributed by atoms with Crippen molar-refractivity contribution in [3.8, 4) is 0 Å². The minimum absolute atomic E-state index is 0.374. The molecule has 0 radical (unpaired) electrons. The summed E-state index contributed by atoms with van der Waals surface area (Å²) < 4.78 is 175. The van der Waals surface area contributed by atoms with E-state index in [0.717, 1.165) is 7.11 Å². The maximum absolute atomic E-state index is 13.4. The van der Waals surface area contributed by atoms with E-state index in [-0.39, 0.29) is 6.61 Å². The Bertz CT molecular complexity index is 488. The maximum Gasteiger partial charge on any atom is 0.460 e. The molecule has 164 valence electrons. The molecule has 1 N–H and O–H groups in total. The molecule has 0 aromatic heterocycles. The van der Waals surface area contributed by atoms with Crippen LogP contribution in [0.2, 0.25) is 0 Å². The van der Waals surface area contributed by atoms with Crippen LogP contribution in [0, 0.1) is 0 Å². The van der Waals surface area contributed by atoms with Crippen LogP contribution in [-0.2, 0) is 9.47 Å². The lowest BCUT2D eigenvalue weighted by Gasteiger charge is -2.40. The number of hydrogen-bond acceptors (Lipinski definition) is 3. The fraction of sp³-hybridized carbons (Fsp3) is 1.00. The molecular formula is C11H11F13O3. The molecular weight excluding hydrogens is 427 g/mol. The van der Waals surface area contributed by atoms with Crippen LogP contribution in [0.25, 0.3) is 0 Å². The van der Waals surface area contributed by atoms with Gasteiger partial charge in [0.15, 0.2) is 0 Å². The predicted molar refractivity (Wildman–Crippen MR) is 59.5 cm³/mol. The molecule has 0 amide bonds. The van der Waals surface area contributed by atoms with Crippen molar-refractivity contribution in [1.29, 1.82) is 0 Å². The zero-order valence-corrected chi connectivity index (χ0v) is 12.9. The molecule has 1 unspecified atom stereocenters. The molecule has 0 rings (SSSR count). The first-order chi connectivity index (χ1) is 11.7. The smallest absolute Gasteiger partial charge is 0.384 e.